The molecule has 0 heterocycles. The molecule has 0 aromatic carbocycles. The zero-order chi connectivity index (χ0) is 9.45. The zero-order valence-corrected chi connectivity index (χ0v) is 9.99. The van der Waals surface area contributed by atoms with Gasteiger partial charge in [-0.05, 0) is 12.8 Å². The standard InChI is InChI=1S/C10H22BrN/c1-3-5-6-7-8-10(11,4-2)9-12/h3-9,12H2,1-2H3. The molecule has 0 fully saturated rings. The summed E-state index contributed by atoms with van der Waals surface area (Å²) < 4.78 is 0.223. The minimum absolute atomic E-state index is 0.223. The van der Waals surface area contributed by atoms with Crippen molar-refractivity contribution in [3.05, 3.63) is 0 Å². The van der Waals surface area contributed by atoms with E-state index < -0.39 is 0 Å². The molecule has 0 aromatic rings. The highest BCUT2D eigenvalue weighted by molar-refractivity contribution is 9.10. The second-order valence-corrected chi connectivity index (χ2v) is 5.20. The number of halogens is 1. The van der Waals surface area contributed by atoms with Gasteiger partial charge in [0.15, 0.2) is 0 Å². The van der Waals surface area contributed by atoms with Gasteiger partial charge in [-0.3, -0.25) is 0 Å². The molecule has 0 aliphatic carbocycles. The van der Waals surface area contributed by atoms with Crippen molar-refractivity contribution in [1.82, 2.24) is 0 Å². The van der Waals surface area contributed by atoms with Crippen LogP contribution in [0.2, 0.25) is 0 Å². The maximum Gasteiger partial charge on any atom is 0.0377 e. The second-order valence-electron chi connectivity index (χ2n) is 3.52. The number of unbranched alkanes of at least 4 members (excludes halogenated alkanes) is 3. The van der Waals surface area contributed by atoms with Gasteiger partial charge in [-0.2, -0.15) is 0 Å². The van der Waals surface area contributed by atoms with Gasteiger partial charge in [0, 0.05) is 10.9 Å². The molecule has 0 aliphatic rings. The van der Waals surface area contributed by atoms with Crippen LogP contribution in [0.3, 0.4) is 0 Å². The number of rotatable bonds is 7. The molecule has 12 heavy (non-hydrogen) atoms. The molecule has 2 heteroatoms. The Hall–Kier alpha value is 0.440. The maximum absolute atomic E-state index is 5.69. The number of alkyl halides is 1. The molecule has 0 rings (SSSR count). The number of hydrogen-bond acceptors (Lipinski definition) is 1. The van der Waals surface area contributed by atoms with E-state index in [2.05, 4.69) is 29.8 Å². The highest BCUT2D eigenvalue weighted by atomic mass is 79.9. The Bertz CT molecular complexity index is 100. The van der Waals surface area contributed by atoms with Gasteiger partial charge in [-0.15, -0.1) is 0 Å². The third-order valence-corrected chi connectivity index (χ3v) is 3.76. The monoisotopic (exact) mass is 235 g/mol. The molecular weight excluding hydrogens is 214 g/mol. The van der Waals surface area contributed by atoms with E-state index in [0.29, 0.717) is 0 Å². The van der Waals surface area contributed by atoms with Crippen molar-refractivity contribution in [1.29, 1.82) is 0 Å². The van der Waals surface area contributed by atoms with Gasteiger partial charge in [-0.1, -0.05) is 55.5 Å². The van der Waals surface area contributed by atoms with Crippen LogP contribution in [-0.2, 0) is 0 Å². The van der Waals surface area contributed by atoms with E-state index in [1.165, 1.54) is 32.1 Å². The van der Waals surface area contributed by atoms with Crippen LogP contribution in [0.15, 0.2) is 0 Å². The molecule has 1 nitrogen and oxygen atoms in total. The van der Waals surface area contributed by atoms with Crippen LogP contribution in [0.4, 0.5) is 0 Å². The van der Waals surface area contributed by atoms with E-state index in [4.69, 9.17) is 5.73 Å². The molecule has 0 aliphatic heterocycles. The Balaban J connectivity index is 3.45. The SMILES string of the molecule is CCCCCCC(Br)(CC)CN. The van der Waals surface area contributed by atoms with E-state index in [9.17, 15) is 0 Å². The molecule has 0 bridgehead atoms. The molecule has 0 saturated carbocycles. The molecule has 2 N–H and O–H groups in total. The fourth-order valence-electron chi connectivity index (χ4n) is 1.29. The van der Waals surface area contributed by atoms with Crippen molar-refractivity contribution in [2.24, 2.45) is 5.73 Å². The summed E-state index contributed by atoms with van der Waals surface area (Å²) in [6, 6.07) is 0. The van der Waals surface area contributed by atoms with Crippen molar-refractivity contribution >= 4 is 15.9 Å². The van der Waals surface area contributed by atoms with Crippen LogP contribution in [0.1, 0.15) is 52.4 Å². The summed E-state index contributed by atoms with van der Waals surface area (Å²) in [6.07, 6.45) is 7.69. The smallest absolute Gasteiger partial charge is 0.0377 e. The predicted molar refractivity (Wildman–Crippen MR) is 59.8 cm³/mol. The zero-order valence-electron chi connectivity index (χ0n) is 8.41. The summed E-state index contributed by atoms with van der Waals surface area (Å²) in [5, 5.41) is 0. The average molecular weight is 236 g/mol. The van der Waals surface area contributed by atoms with Gasteiger partial charge < -0.3 is 5.73 Å². The van der Waals surface area contributed by atoms with Crippen LogP contribution in [0.25, 0.3) is 0 Å². The summed E-state index contributed by atoms with van der Waals surface area (Å²) in [5.41, 5.74) is 5.69. The van der Waals surface area contributed by atoms with Gasteiger partial charge >= 0.3 is 0 Å². The van der Waals surface area contributed by atoms with Crippen molar-refractivity contribution in [2.45, 2.75) is 56.7 Å². The summed E-state index contributed by atoms with van der Waals surface area (Å²) in [4.78, 5) is 0. The van der Waals surface area contributed by atoms with Gasteiger partial charge in [0.2, 0.25) is 0 Å². The Morgan fingerprint density at radius 1 is 1.17 bits per heavy atom. The van der Waals surface area contributed by atoms with Gasteiger partial charge in [0.25, 0.3) is 0 Å². The molecule has 0 saturated heterocycles. The molecule has 0 radical (unpaired) electrons. The highest BCUT2D eigenvalue weighted by Crippen LogP contribution is 2.27. The second kappa shape index (κ2) is 6.90. The molecule has 1 atom stereocenters. The Morgan fingerprint density at radius 2 is 1.83 bits per heavy atom. The van der Waals surface area contributed by atoms with Crippen molar-refractivity contribution < 1.29 is 0 Å². The van der Waals surface area contributed by atoms with E-state index in [-0.39, 0.29) is 4.32 Å². The fourth-order valence-corrected chi connectivity index (χ4v) is 1.57. The van der Waals surface area contributed by atoms with Crippen LogP contribution < -0.4 is 5.73 Å². The Kier molecular flexibility index (Phi) is 7.16. The van der Waals surface area contributed by atoms with Gasteiger partial charge in [0.1, 0.15) is 0 Å². The summed E-state index contributed by atoms with van der Waals surface area (Å²) in [6.45, 7) is 5.20. The first-order valence-electron chi connectivity index (χ1n) is 5.07. The lowest BCUT2D eigenvalue weighted by Crippen LogP contribution is -2.30. The van der Waals surface area contributed by atoms with Crippen molar-refractivity contribution in [2.75, 3.05) is 6.54 Å². The van der Waals surface area contributed by atoms with Crippen LogP contribution in [-0.4, -0.2) is 10.9 Å². The average Bonchev–Trinajstić information content (AvgIpc) is 2.12. The molecular formula is C10H22BrN. The van der Waals surface area contributed by atoms with Crippen molar-refractivity contribution in [3.63, 3.8) is 0 Å². The molecule has 0 aromatic heterocycles. The van der Waals surface area contributed by atoms with Gasteiger partial charge in [-0.25, -0.2) is 0 Å². The summed E-state index contributed by atoms with van der Waals surface area (Å²) in [7, 11) is 0. The normalized spacial score (nSPS) is 16.0. The van der Waals surface area contributed by atoms with Crippen molar-refractivity contribution in [3.8, 4) is 0 Å². The third-order valence-electron chi connectivity index (χ3n) is 2.48. The topological polar surface area (TPSA) is 26.0 Å². The Morgan fingerprint density at radius 3 is 2.25 bits per heavy atom. The number of nitrogens with two attached hydrogens (primary N) is 1. The summed E-state index contributed by atoms with van der Waals surface area (Å²) in [5.74, 6) is 0. The summed E-state index contributed by atoms with van der Waals surface area (Å²) >= 11 is 3.71. The first-order valence-corrected chi connectivity index (χ1v) is 5.87. The first-order chi connectivity index (χ1) is 5.68. The lowest BCUT2D eigenvalue weighted by Gasteiger charge is -2.23. The van der Waals surface area contributed by atoms with Crippen LogP contribution in [0, 0.1) is 0 Å². The molecule has 0 amide bonds. The highest BCUT2D eigenvalue weighted by Gasteiger charge is 2.21. The van der Waals surface area contributed by atoms with E-state index in [1.54, 1.807) is 0 Å². The fraction of sp³-hybridized carbons (Fsp3) is 1.00. The minimum atomic E-state index is 0.223. The Labute approximate surface area is 85.2 Å². The maximum atomic E-state index is 5.69. The number of hydrogen-bond donors (Lipinski definition) is 1. The first kappa shape index (κ1) is 12.4. The molecule has 74 valence electrons. The minimum Gasteiger partial charge on any atom is -0.329 e. The van der Waals surface area contributed by atoms with Crippen LogP contribution in [0.5, 0.6) is 0 Å². The van der Waals surface area contributed by atoms with E-state index >= 15 is 0 Å². The third kappa shape index (κ3) is 5.15. The van der Waals surface area contributed by atoms with E-state index in [1.807, 2.05) is 0 Å². The molecule has 0 spiro atoms. The predicted octanol–water partition coefficient (Wildman–Crippen LogP) is 3.46. The quantitative estimate of drug-likeness (QED) is 0.531. The molecule has 1 unspecified atom stereocenters. The lowest BCUT2D eigenvalue weighted by molar-refractivity contribution is 0.502. The van der Waals surface area contributed by atoms with Gasteiger partial charge in [0.05, 0.1) is 0 Å². The lowest BCUT2D eigenvalue weighted by atomic mass is 9.98. The largest absolute Gasteiger partial charge is 0.329 e. The van der Waals surface area contributed by atoms with E-state index in [0.717, 1.165) is 13.0 Å². The van der Waals surface area contributed by atoms with Crippen LogP contribution >= 0.6 is 15.9 Å².